The summed E-state index contributed by atoms with van der Waals surface area (Å²) in [6.45, 7) is 3.86. The summed E-state index contributed by atoms with van der Waals surface area (Å²) in [6, 6.07) is 16.8. The molecule has 2 amide bonds. The van der Waals surface area contributed by atoms with E-state index in [-0.39, 0.29) is 42.2 Å². The smallest absolute Gasteiger partial charge is 0.232 e. The van der Waals surface area contributed by atoms with Gasteiger partial charge in [-0.1, -0.05) is 47.6 Å². The van der Waals surface area contributed by atoms with E-state index in [1.165, 1.54) is 0 Å². The van der Waals surface area contributed by atoms with Gasteiger partial charge in [-0.25, -0.2) is 0 Å². The van der Waals surface area contributed by atoms with E-state index in [2.05, 4.69) is 20.8 Å². The van der Waals surface area contributed by atoms with Crippen LogP contribution in [0.4, 0.5) is 0 Å². The van der Waals surface area contributed by atoms with Crippen molar-refractivity contribution in [2.75, 3.05) is 7.11 Å². The van der Waals surface area contributed by atoms with Crippen molar-refractivity contribution in [1.29, 1.82) is 0 Å². The fourth-order valence-electron chi connectivity index (χ4n) is 4.40. The Balaban J connectivity index is 1.52. The molecule has 0 unspecified atom stereocenters. The highest BCUT2D eigenvalue weighted by Crippen LogP contribution is 2.39. The van der Waals surface area contributed by atoms with Gasteiger partial charge in [0, 0.05) is 23.6 Å². The summed E-state index contributed by atoms with van der Waals surface area (Å²) in [5.41, 5.74) is 1.70. The van der Waals surface area contributed by atoms with Crippen LogP contribution in [0.5, 0.6) is 5.75 Å². The molecule has 1 aromatic heterocycles. The van der Waals surface area contributed by atoms with E-state index in [1.807, 2.05) is 68.4 Å². The highest BCUT2D eigenvalue weighted by atomic mass is 16.5. The van der Waals surface area contributed by atoms with Gasteiger partial charge in [-0.2, -0.15) is 4.98 Å². The Bertz CT molecular complexity index is 1130. The standard InChI is InChI=1S/C26H30N4O4/c1-16(2)27-25(32)19-14-21(26-29-24(30-34-26)18-9-5-4-6-10-18)22(15-19)28-23(31)13-17-8-7-11-20(12-17)33-3/h4-12,16,19,21-22H,13-15H2,1-3H3,(H,27,32)(H,28,31)/t19-,21-,22+/m1/s1. The number of rotatable bonds is 8. The SMILES string of the molecule is COc1cccc(CC(=O)N[C@H]2C[C@H](C(=O)NC(C)C)C[C@H]2c2nc(-c3ccccc3)no2)c1. The molecule has 2 N–H and O–H groups in total. The molecule has 0 aliphatic heterocycles. The van der Waals surface area contributed by atoms with Gasteiger partial charge in [0.25, 0.3) is 0 Å². The highest BCUT2D eigenvalue weighted by Gasteiger charge is 2.42. The molecular formula is C26H30N4O4. The van der Waals surface area contributed by atoms with Crippen molar-refractivity contribution in [2.45, 2.75) is 51.1 Å². The first kappa shape index (κ1) is 23.5. The number of amides is 2. The molecule has 1 aliphatic carbocycles. The van der Waals surface area contributed by atoms with Crippen LogP contribution in [-0.2, 0) is 16.0 Å². The molecule has 3 atom stereocenters. The molecule has 2 aromatic carbocycles. The topological polar surface area (TPSA) is 106 Å². The van der Waals surface area contributed by atoms with Crippen molar-refractivity contribution >= 4 is 11.8 Å². The largest absolute Gasteiger partial charge is 0.497 e. The maximum atomic E-state index is 12.9. The highest BCUT2D eigenvalue weighted by molar-refractivity contribution is 5.81. The van der Waals surface area contributed by atoms with Crippen LogP contribution in [0.2, 0.25) is 0 Å². The van der Waals surface area contributed by atoms with Crippen LogP contribution in [0.1, 0.15) is 44.1 Å². The predicted molar refractivity (Wildman–Crippen MR) is 127 cm³/mol. The van der Waals surface area contributed by atoms with Crippen LogP contribution in [-0.4, -0.2) is 41.1 Å². The summed E-state index contributed by atoms with van der Waals surface area (Å²) in [5, 5.41) is 10.2. The number of hydrogen-bond acceptors (Lipinski definition) is 6. The predicted octanol–water partition coefficient (Wildman–Crippen LogP) is 3.49. The third-order valence-electron chi connectivity index (χ3n) is 6.00. The van der Waals surface area contributed by atoms with Gasteiger partial charge < -0.3 is 19.9 Å². The van der Waals surface area contributed by atoms with E-state index in [9.17, 15) is 9.59 Å². The Morgan fingerprint density at radius 2 is 1.91 bits per heavy atom. The van der Waals surface area contributed by atoms with E-state index in [4.69, 9.17) is 9.26 Å². The average molecular weight is 463 g/mol. The zero-order valence-corrected chi connectivity index (χ0v) is 19.7. The number of nitrogens with zero attached hydrogens (tertiary/aromatic N) is 2. The van der Waals surface area contributed by atoms with Gasteiger partial charge in [-0.3, -0.25) is 9.59 Å². The third kappa shape index (κ3) is 5.62. The molecule has 0 spiro atoms. The Kier molecular flexibility index (Phi) is 7.25. The first-order valence-electron chi connectivity index (χ1n) is 11.5. The number of aromatic nitrogens is 2. The molecule has 1 fully saturated rings. The lowest BCUT2D eigenvalue weighted by Gasteiger charge is -2.18. The molecule has 178 valence electrons. The van der Waals surface area contributed by atoms with Gasteiger partial charge in [0.2, 0.25) is 23.5 Å². The molecule has 8 nitrogen and oxygen atoms in total. The second kappa shape index (κ2) is 10.5. The molecular weight excluding hydrogens is 432 g/mol. The van der Waals surface area contributed by atoms with Crippen molar-refractivity contribution in [3.05, 3.63) is 66.1 Å². The Hall–Kier alpha value is -3.68. The monoisotopic (exact) mass is 462 g/mol. The summed E-state index contributed by atoms with van der Waals surface area (Å²) < 4.78 is 10.9. The average Bonchev–Trinajstić information content (AvgIpc) is 3.47. The van der Waals surface area contributed by atoms with E-state index < -0.39 is 0 Å². The zero-order chi connectivity index (χ0) is 24.1. The Labute approximate surface area is 199 Å². The summed E-state index contributed by atoms with van der Waals surface area (Å²) in [6.07, 6.45) is 1.25. The van der Waals surface area contributed by atoms with Crippen molar-refractivity contribution in [1.82, 2.24) is 20.8 Å². The summed E-state index contributed by atoms with van der Waals surface area (Å²) in [4.78, 5) is 30.3. The van der Waals surface area contributed by atoms with Crippen LogP contribution < -0.4 is 15.4 Å². The maximum Gasteiger partial charge on any atom is 0.232 e. The molecule has 34 heavy (non-hydrogen) atoms. The molecule has 0 radical (unpaired) electrons. The molecule has 1 aliphatic rings. The quantitative estimate of drug-likeness (QED) is 0.531. The summed E-state index contributed by atoms with van der Waals surface area (Å²) >= 11 is 0. The van der Waals surface area contributed by atoms with Crippen LogP contribution >= 0.6 is 0 Å². The van der Waals surface area contributed by atoms with Crippen LogP contribution in [0, 0.1) is 5.92 Å². The Morgan fingerprint density at radius 3 is 2.65 bits per heavy atom. The minimum atomic E-state index is -0.287. The zero-order valence-electron chi connectivity index (χ0n) is 19.7. The first-order valence-corrected chi connectivity index (χ1v) is 11.5. The van der Waals surface area contributed by atoms with Crippen molar-refractivity contribution in [3.8, 4) is 17.1 Å². The maximum absolute atomic E-state index is 12.9. The third-order valence-corrected chi connectivity index (χ3v) is 6.00. The number of carbonyl (C=O) groups is 2. The lowest BCUT2D eigenvalue weighted by atomic mass is 10.0. The molecule has 0 saturated heterocycles. The lowest BCUT2D eigenvalue weighted by Crippen LogP contribution is -2.38. The number of methoxy groups -OCH3 is 1. The molecule has 4 rings (SSSR count). The molecule has 8 heteroatoms. The van der Waals surface area contributed by atoms with Gasteiger partial charge in [0.1, 0.15) is 5.75 Å². The van der Waals surface area contributed by atoms with Gasteiger partial charge in [0.15, 0.2) is 0 Å². The molecule has 3 aromatic rings. The minimum absolute atomic E-state index is 0.0210. The Morgan fingerprint density at radius 1 is 1.12 bits per heavy atom. The van der Waals surface area contributed by atoms with Gasteiger partial charge >= 0.3 is 0 Å². The number of nitrogens with one attached hydrogen (secondary N) is 2. The second-order valence-corrected chi connectivity index (χ2v) is 8.96. The van der Waals surface area contributed by atoms with Crippen LogP contribution in [0.25, 0.3) is 11.4 Å². The van der Waals surface area contributed by atoms with E-state index in [1.54, 1.807) is 7.11 Å². The van der Waals surface area contributed by atoms with Gasteiger partial charge in [-0.05, 0) is 44.4 Å². The first-order chi connectivity index (χ1) is 16.4. The fraction of sp³-hybridized carbons (Fsp3) is 0.385. The second-order valence-electron chi connectivity index (χ2n) is 8.96. The number of ether oxygens (including phenoxy) is 1. The fourth-order valence-corrected chi connectivity index (χ4v) is 4.40. The van der Waals surface area contributed by atoms with Crippen molar-refractivity contribution in [3.63, 3.8) is 0 Å². The lowest BCUT2D eigenvalue weighted by molar-refractivity contribution is -0.126. The number of benzene rings is 2. The van der Waals surface area contributed by atoms with Crippen molar-refractivity contribution < 1.29 is 18.8 Å². The summed E-state index contributed by atoms with van der Waals surface area (Å²) in [7, 11) is 1.60. The molecule has 1 heterocycles. The van der Waals surface area contributed by atoms with E-state index >= 15 is 0 Å². The van der Waals surface area contributed by atoms with Gasteiger partial charge in [0.05, 0.1) is 19.4 Å². The van der Waals surface area contributed by atoms with Gasteiger partial charge in [-0.15, -0.1) is 0 Å². The van der Waals surface area contributed by atoms with Crippen LogP contribution in [0.15, 0.2) is 59.1 Å². The normalized spacial score (nSPS) is 19.7. The van der Waals surface area contributed by atoms with Crippen LogP contribution in [0.3, 0.4) is 0 Å². The van der Waals surface area contributed by atoms with E-state index in [0.29, 0.717) is 30.3 Å². The number of hydrogen-bond donors (Lipinski definition) is 2. The van der Waals surface area contributed by atoms with E-state index in [0.717, 1.165) is 11.1 Å². The minimum Gasteiger partial charge on any atom is -0.497 e. The molecule has 0 bridgehead atoms. The molecule has 1 saturated carbocycles. The number of carbonyl (C=O) groups excluding carboxylic acids is 2. The van der Waals surface area contributed by atoms with Crippen molar-refractivity contribution in [2.24, 2.45) is 5.92 Å². The summed E-state index contributed by atoms with van der Waals surface area (Å²) in [5.74, 6) is 0.985.